The molecule has 0 saturated heterocycles. The van der Waals surface area contributed by atoms with Gasteiger partial charge in [-0.2, -0.15) is 10.2 Å². The zero-order chi connectivity index (χ0) is 19.6. The van der Waals surface area contributed by atoms with Gasteiger partial charge in [0.25, 0.3) is 6.43 Å². The fourth-order valence-electron chi connectivity index (χ4n) is 2.89. The van der Waals surface area contributed by atoms with Crippen molar-refractivity contribution in [1.82, 2.24) is 19.6 Å². The largest absolute Gasteiger partial charge is 0.324 e. The van der Waals surface area contributed by atoms with E-state index in [-0.39, 0.29) is 18.1 Å². The summed E-state index contributed by atoms with van der Waals surface area (Å²) in [5.41, 5.74) is 3.83. The number of benzene rings is 1. The van der Waals surface area contributed by atoms with Crippen molar-refractivity contribution in [2.75, 3.05) is 5.32 Å². The number of amides is 1. The van der Waals surface area contributed by atoms with Gasteiger partial charge in [0.1, 0.15) is 12.2 Å². The summed E-state index contributed by atoms with van der Waals surface area (Å²) in [6.45, 7) is 6.05. The molecule has 0 spiro atoms. The van der Waals surface area contributed by atoms with E-state index in [2.05, 4.69) is 15.5 Å². The topological polar surface area (TPSA) is 64.7 Å². The van der Waals surface area contributed by atoms with E-state index in [1.165, 1.54) is 10.7 Å². The average molecular weight is 373 g/mol. The molecule has 0 radical (unpaired) electrons. The fourth-order valence-corrected chi connectivity index (χ4v) is 2.89. The van der Waals surface area contributed by atoms with Gasteiger partial charge >= 0.3 is 0 Å². The van der Waals surface area contributed by atoms with E-state index in [0.717, 1.165) is 17.0 Å². The number of aryl methyl sites for hydroxylation is 3. The minimum atomic E-state index is -2.65. The van der Waals surface area contributed by atoms with Crippen LogP contribution in [0.3, 0.4) is 0 Å². The van der Waals surface area contributed by atoms with Crippen LogP contribution in [0.25, 0.3) is 0 Å². The Morgan fingerprint density at radius 3 is 2.44 bits per heavy atom. The third kappa shape index (κ3) is 4.58. The van der Waals surface area contributed by atoms with Crippen molar-refractivity contribution in [3.8, 4) is 0 Å². The van der Waals surface area contributed by atoms with E-state index in [1.54, 1.807) is 13.0 Å². The Morgan fingerprint density at radius 1 is 1.07 bits per heavy atom. The molecule has 27 heavy (non-hydrogen) atoms. The summed E-state index contributed by atoms with van der Waals surface area (Å²) < 4.78 is 28.6. The number of rotatable bonds is 6. The van der Waals surface area contributed by atoms with E-state index in [0.29, 0.717) is 17.9 Å². The van der Waals surface area contributed by atoms with E-state index in [9.17, 15) is 13.6 Å². The number of hydrogen-bond acceptors (Lipinski definition) is 3. The van der Waals surface area contributed by atoms with Crippen molar-refractivity contribution < 1.29 is 13.6 Å². The minimum Gasteiger partial charge on any atom is -0.324 e. The molecule has 0 unspecified atom stereocenters. The van der Waals surface area contributed by atoms with Gasteiger partial charge in [-0.25, -0.2) is 8.78 Å². The monoisotopic (exact) mass is 373 g/mol. The van der Waals surface area contributed by atoms with E-state index >= 15 is 0 Å². The number of carbonyl (C=O) groups is 1. The zero-order valence-electron chi connectivity index (χ0n) is 15.4. The summed E-state index contributed by atoms with van der Waals surface area (Å²) in [7, 11) is 0. The van der Waals surface area contributed by atoms with Crippen molar-refractivity contribution in [2.45, 2.75) is 40.3 Å². The lowest BCUT2D eigenvalue weighted by Gasteiger charge is -2.09. The Hall–Kier alpha value is -3.03. The summed E-state index contributed by atoms with van der Waals surface area (Å²) in [4.78, 5) is 12.3. The number of halogens is 2. The molecule has 0 aliphatic heterocycles. The maximum Gasteiger partial charge on any atom is 0.282 e. The van der Waals surface area contributed by atoms with E-state index < -0.39 is 6.43 Å². The number of anilines is 1. The normalized spacial score (nSPS) is 11.2. The molecule has 0 fully saturated rings. The number of aromatic nitrogens is 4. The van der Waals surface area contributed by atoms with Gasteiger partial charge in [-0.05, 0) is 50.6 Å². The van der Waals surface area contributed by atoms with Crippen LogP contribution in [0.15, 0.2) is 36.4 Å². The molecular formula is C19H21F2N5O. The molecule has 1 amide bonds. The molecule has 2 aromatic heterocycles. The Labute approximate surface area is 155 Å². The highest BCUT2D eigenvalue weighted by molar-refractivity contribution is 5.90. The van der Waals surface area contributed by atoms with Gasteiger partial charge in [0.2, 0.25) is 5.91 Å². The fraction of sp³-hybridized carbons (Fsp3) is 0.316. The molecular weight excluding hydrogens is 352 g/mol. The third-order valence-electron chi connectivity index (χ3n) is 4.16. The second-order valence-electron chi connectivity index (χ2n) is 6.50. The van der Waals surface area contributed by atoms with Crippen molar-refractivity contribution in [1.29, 1.82) is 0 Å². The number of carbonyl (C=O) groups excluding carboxylic acids is 1. The lowest BCUT2D eigenvalue weighted by atomic mass is 10.2. The van der Waals surface area contributed by atoms with Crippen LogP contribution in [0.2, 0.25) is 0 Å². The molecule has 0 bridgehead atoms. The van der Waals surface area contributed by atoms with E-state index in [4.69, 9.17) is 0 Å². The average Bonchev–Trinajstić information content (AvgIpc) is 3.10. The van der Waals surface area contributed by atoms with Crippen molar-refractivity contribution in [3.63, 3.8) is 0 Å². The van der Waals surface area contributed by atoms with Gasteiger partial charge < -0.3 is 5.32 Å². The van der Waals surface area contributed by atoms with Crippen molar-refractivity contribution in [2.24, 2.45) is 0 Å². The Kier molecular flexibility index (Phi) is 5.34. The number of hydrogen-bond donors (Lipinski definition) is 1. The maximum absolute atomic E-state index is 12.7. The van der Waals surface area contributed by atoms with Crippen LogP contribution in [0, 0.1) is 20.8 Å². The second kappa shape index (κ2) is 7.69. The van der Waals surface area contributed by atoms with Crippen LogP contribution < -0.4 is 5.32 Å². The molecule has 0 saturated carbocycles. The predicted octanol–water partition coefficient (Wildman–Crippen LogP) is 3.63. The molecule has 0 atom stereocenters. The van der Waals surface area contributed by atoms with Gasteiger partial charge in [-0.1, -0.05) is 12.1 Å². The van der Waals surface area contributed by atoms with Crippen LogP contribution in [-0.2, 0) is 17.9 Å². The third-order valence-corrected chi connectivity index (χ3v) is 4.16. The highest BCUT2D eigenvalue weighted by Gasteiger charge is 2.15. The number of nitrogens with one attached hydrogen (secondary N) is 1. The molecule has 6 nitrogen and oxygen atoms in total. The Bertz CT molecular complexity index is 961. The van der Waals surface area contributed by atoms with Gasteiger partial charge in [0.05, 0.1) is 12.2 Å². The molecule has 1 aromatic carbocycles. The van der Waals surface area contributed by atoms with E-state index in [1.807, 2.05) is 42.8 Å². The van der Waals surface area contributed by atoms with Gasteiger partial charge in [-0.15, -0.1) is 0 Å². The summed E-state index contributed by atoms with van der Waals surface area (Å²) >= 11 is 0. The molecule has 0 aliphatic rings. The number of alkyl halides is 2. The van der Waals surface area contributed by atoms with Crippen molar-refractivity contribution in [3.05, 3.63) is 64.7 Å². The van der Waals surface area contributed by atoms with Gasteiger partial charge in [0, 0.05) is 17.1 Å². The first-order valence-electron chi connectivity index (χ1n) is 8.54. The zero-order valence-corrected chi connectivity index (χ0v) is 15.4. The standard InChI is InChI=1S/C19H21F2N5O/c1-12-7-13(2)25(23-12)10-15-5-4-6-16(9-15)22-18(27)11-26-14(3)8-17(24-26)19(20)21/h4-9,19H,10-11H2,1-3H3,(H,22,27). The highest BCUT2D eigenvalue weighted by Crippen LogP contribution is 2.18. The Morgan fingerprint density at radius 2 is 1.81 bits per heavy atom. The summed E-state index contributed by atoms with van der Waals surface area (Å²) in [6, 6.07) is 10.8. The maximum atomic E-state index is 12.7. The molecule has 3 rings (SSSR count). The smallest absolute Gasteiger partial charge is 0.282 e. The highest BCUT2D eigenvalue weighted by atomic mass is 19.3. The first-order chi connectivity index (χ1) is 12.8. The van der Waals surface area contributed by atoms with Crippen LogP contribution in [0.4, 0.5) is 14.5 Å². The van der Waals surface area contributed by atoms with Crippen LogP contribution in [0.5, 0.6) is 0 Å². The van der Waals surface area contributed by atoms with Crippen LogP contribution in [0.1, 0.15) is 34.8 Å². The summed E-state index contributed by atoms with van der Waals surface area (Å²) in [5, 5.41) is 11.0. The molecule has 3 aromatic rings. The molecule has 8 heteroatoms. The SMILES string of the molecule is Cc1cc(C)n(Cc2cccc(NC(=O)Cn3nc(C(F)F)cc3C)c2)n1. The molecule has 142 valence electrons. The lowest BCUT2D eigenvalue weighted by molar-refractivity contribution is -0.117. The quantitative estimate of drug-likeness (QED) is 0.718. The van der Waals surface area contributed by atoms with Crippen LogP contribution >= 0.6 is 0 Å². The predicted molar refractivity (Wildman–Crippen MR) is 97.8 cm³/mol. The minimum absolute atomic E-state index is 0.125. The van der Waals surface area contributed by atoms with Gasteiger partial charge in [-0.3, -0.25) is 14.2 Å². The summed E-state index contributed by atoms with van der Waals surface area (Å²) in [6.07, 6.45) is -2.65. The van der Waals surface area contributed by atoms with Crippen molar-refractivity contribution >= 4 is 11.6 Å². The second-order valence-corrected chi connectivity index (χ2v) is 6.50. The van der Waals surface area contributed by atoms with Gasteiger partial charge in [0.15, 0.2) is 0 Å². The molecule has 1 N–H and O–H groups in total. The summed E-state index contributed by atoms with van der Waals surface area (Å²) in [5.74, 6) is -0.328. The number of nitrogens with zero attached hydrogens (tertiary/aromatic N) is 4. The molecule has 2 heterocycles. The lowest BCUT2D eigenvalue weighted by Crippen LogP contribution is -2.20. The van der Waals surface area contributed by atoms with Crippen LogP contribution in [-0.4, -0.2) is 25.5 Å². The molecule has 0 aliphatic carbocycles. The first kappa shape index (κ1) is 18.8. The first-order valence-corrected chi connectivity index (χ1v) is 8.54. The Balaban J connectivity index is 1.67.